The lowest BCUT2D eigenvalue weighted by molar-refractivity contribution is -0.169. The van der Waals surface area contributed by atoms with Crippen molar-refractivity contribution in [3.8, 4) is 0 Å². The van der Waals surface area contributed by atoms with Crippen molar-refractivity contribution in [3.63, 3.8) is 0 Å². The quantitative estimate of drug-likeness (QED) is 0.693. The molecule has 0 aromatic rings. The van der Waals surface area contributed by atoms with E-state index >= 15 is 0 Å². The van der Waals surface area contributed by atoms with Gasteiger partial charge in [0.15, 0.2) is 0 Å². The van der Waals surface area contributed by atoms with E-state index in [0.29, 0.717) is 19.6 Å². The fourth-order valence-electron chi connectivity index (χ4n) is 2.43. The van der Waals surface area contributed by atoms with Crippen LogP contribution in [0.2, 0.25) is 0 Å². The zero-order valence-electron chi connectivity index (χ0n) is 11.1. The van der Waals surface area contributed by atoms with Gasteiger partial charge in [0.05, 0.1) is 19.1 Å². The number of hydrogen-bond donors (Lipinski definition) is 0. The molecule has 0 radical (unpaired) electrons. The van der Waals surface area contributed by atoms with E-state index in [2.05, 4.69) is 0 Å². The van der Waals surface area contributed by atoms with Crippen molar-refractivity contribution < 1.29 is 19.1 Å². The minimum absolute atomic E-state index is 0.0816. The van der Waals surface area contributed by atoms with Gasteiger partial charge in [-0.1, -0.05) is 13.8 Å². The molecule has 0 N–H and O–H groups in total. The van der Waals surface area contributed by atoms with Crippen LogP contribution in [0.5, 0.6) is 0 Å². The van der Waals surface area contributed by atoms with Crippen LogP contribution in [0, 0.1) is 17.3 Å². The van der Waals surface area contributed by atoms with E-state index in [-0.39, 0.29) is 29.2 Å². The fourth-order valence-corrected chi connectivity index (χ4v) is 2.43. The van der Waals surface area contributed by atoms with Crippen molar-refractivity contribution in [1.29, 1.82) is 0 Å². The Balaban J connectivity index is 2.49. The largest absolute Gasteiger partial charge is 0.466 e. The molecule has 1 saturated carbocycles. The number of carbonyl (C=O) groups excluding carboxylic acids is 2. The topological polar surface area (TPSA) is 52.6 Å². The molecule has 4 nitrogen and oxygen atoms in total. The molecule has 2 atom stereocenters. The Morgan fingerprint density at radius 3 is 2.24 bits per heavy atom. The third kappa shape index (κ3) is 2.99. The zero-order chi connectivity index (χ0) is 13.1. The summed E-state index contributed by atoms with van der Waals surface area (Å²) in [5.41, 5.74) is -0.168. The van der Waals surface area contributed by atoms with Crippen LogP contribution in [0.15, 0.2) is 0 Å². The van der Waals surface area contributed by atoms with Gasteiger partial charge in [-0.3, -0.25) is 9.59 Å². The summed E-state index contributed by atoms with van der Waals surface area (Å²) in [6, 6.07) is 0. The summed E-state index contributed by atoms with van der Waals surface area (Å²) in [5, 5.41) is 0. The van der Waals surface area contributed by atoms with Crippen LogP contribution in [0.3, 0.4) is 0 Å². The Morgan fingerprint density at radius 2 is 1.76 bits per heavy atom. The first-order chi connectivity index (χ1) is 7.93. The molecule has 0 saturated heterocycles. The fraction of sp³-hybridized carbons (Fsp3) is 0.846. The van der Waals surface area contributed by atoms with Crippen molar-refractivity contribution in [2.75, 3.05) is 13.2 Å². The molecule has 0 aromatic carbocycles. The van der Waals surface area contributed by atoms with E-state index in [9.17, 15) is 9.59 Å². The second-order valence-electron chi connectivity index (χ2n) is 5.07. The molecular weight excluding hydrogens is 220 g/mol. The van der Waals surface area contributed by atoms with Gasteiger partial charge in [0.25, 0.3) is 0 Å². The van der Waals surface area contributed by atoms with Crippen LogP contribution < -0.4 is 0 Å². The number of rotatable bonds is 5. The van der Waals surface area contributed by atoms with Crippen LogP contribution in [-0.4, -0.2) is 25.2 Å². The van der Waals surface area contributed by atoms with Gasteiger partial charge in [-0.2, -0.15) is 0 Å². The highest BCUT2D eigenvalue weighted by molar-refractivity contribution is 5.76. The second-order valence-corrected chi connectivity index (χ2v) is 5.07. The molecule has 1 rings (SSSR count). The van der Waals surface area contributed by atoms with Gasteiger partial charge in [-0.15, -0.1) is 0 Å². The van der Waals surface area contributed by atoms with Crippen molar-refractivity contribution >= 4 is 11.9 Å². The first kappa shape index (κ1) is 14.0. The molecule has 1 aliphatic carbocycles. The molecule has 0 amide bonds. The van der Waals surface area contributed by atoms with Crippen LogP contribution >= 0.6 is 0 Å². The molecule has 1 aliphatic rings. The van der Waals surface area contributed by atoms with E-state index in [1.165, 1.54) is 0 Å². The Hall–Kier alpha value is -1.06. The van der Waals surface area contributed by atoms with Gasteiger partial charge in [-0.25, -0.2) is 0 Å². The summed E-state index contributed by atoms with van der Waals surface area (Å²) in [6.45, 7) is 8.45. The van der Waals surface area contributed by atoms with E-state index < -0.39 is 0 Å². The number of esters is 2. The molecule has 0 spiro atoms. The van der Waals surface area contributed by atoms with Gasteiger partial charge >= 0.3 is 11.9 Å². The first-order valence-corrected chi connectivity index (χ1v) is 6.25. The maximum atomic E-state index is 11.7. The second kappa shape index (κ2) is 5.52. The zero-order valence-corrected chi connectivity index (χ0v) is 11.1. The van der Waals surface area contributed by atoms with E-state index in [1.54, 1.807) is 13.8 Å². The molecule has 0 aliphatic heterocycles. The average molecular weight is 242 g/mol. The molecule has 0 bridgehead atoms. The summed E-state index contributed by atoms with van der Waals surface area (Å²) in [7, 11) is 0. The Bertz CT molecular complexity index is 296. The summed E-state index contributed by atoms with van der Waals surface area (Å²) < 4.78 is 9.96. The Morgan fingerprint density at radius 1 is 1.18 bits per heavy atom. The third-order valence-electron chi connectivity index (χ3n) is 3.76. The lowest BCUT2D eigenvalue weighted by atomic mass is 9.54. The summed E-state index contributed by atoms with van der Waals surface area (Å²) in [4.78, 5) is 23.1. The highest BCUT2D eigenvalue weighted by Gasteiger charge is 2.52. The van der Waals surface area contributed by atoms with Crippen LogP contribution in [0.25, 0.3) is 0 Å². The summed E-state index contributed by atoms with van der Waals surface area (Å²) in [6.07, 6.45) is 1.13. The maximum absolute atomic E-state index is 11.7. The molecular formula is C13H22O4. The monoisotopic (exact) mass is 242 g/mol. The molecule has 4 heteroatoms. The SMILES string of the molecule is CCOC(=O)C[C@@H]1C[C@H](C(=O)OCC)C1(C)C. The summed E-state index contributed by atoms with van der Waals surface area (Å²) in [5.74, 6) is -0.177. The predicted octanol–water partition coefficient (Wildman–Crippen LogP) is 2.17. The van der Waals surface area contributed by atoms with E-state index in [4.69, 9.17) is 9.47 Å². The third-order valence-corrected chi connectivity index (χ3v) is 3.76. The standard InChI is InChI=1S/C13H22O4/c1-5-16-11(14)8-9-7-10(13(9,3)4)12(15)17-6-2/h9-10H,5-8H2,1-4H3/t9-,10+/m0/s1. The molecule has 17 heavy (non-hydrogen) atoms. The Kier molecular flexibility index (Phi) is 4.54. The van der Waals surface area contributed by atoms with Gasteiger partial charge in [0.2, 0.25) is 0 Å². The lowest BCUT2D eigenvalue weighted by Crippen LogP contribution is -2.50. The van der Waals surface area contributed by atoms with Crippen molar-refractivity contribution in [3.05, 3.63) is 0 Å². The highest BCUT2D eigenvalue weighted by atomic mass is 16.5. The molecule has 98 valence electrons. The van der Waals surface area contributed by atoms with Crippen molar-refractivity contribution in [2.24, 2.45) is 17.3 Å². The van der Waals surface area contributed by atoms with Crippen LogP contribution in [0.4, 0.5) is 0 Å². The normalized spacial score (nSPS) is 25.9. The van der Waals surface area contributed by atoms with Crippen molar-refractivity contribution in [1.82, 2.24) is 0 Å². The first-order valence-electron chi connectivity index (χ1n) is 6.25. The Labute approximate surface area is 103 Å². The predicted molar refractivity (Wildman–Crippen MR) is 63.3 cm³/mol. The van der Waals surface area contributed by atoms with E-state index in [1.807, 2.05) is 13.8 Å². The van der Waals surface area contributed by atoms with Crippen LogP contribution in [-0.2, 0) is 19.1 Å². The number of hydrogen-bond acceptors (Lipinski definition) is 4. The number of carbonyl (C=O) groups is 2. The minimum Gasteiger partial charge on any atom is -0.466 e. The van der Waals surface area contributed by atoms with E-state index in [0.717, 1.165) is 6.42 Å². The van der Waals surface area contributed by atoms with Gasteiger partial charge in [-0.05, 0) is 31.6 Å². The van der Waals surface area contributed by atoms with Gasteiger partial charge in [0.1, 0.15) is 0 Å². The molecule has 1 fully saturated rings. The summed E-state index contributed by atoms with van der Waals surface area (Å²) >= 11 is 0. The molecule has 0 unspecified atom stereocenters. The smallest absolute Gasteiger partial charge is 0.309 e. The minimum atomic E-state index is -0.173. The average Bonchev–Trinajstić information content (AvgIpc) is 2.24. The lowest BCUT2D eigenvalue weighted by Gasteiger charge is -2.50. The van der Waals surface area contributed by atoms with Crippen LogP contribution in [0.1, 0.15) is 40.5 Å². The maximum Gasteiger partial charge on any atom is 0.309 e. The van der Waals surface area contributed by atoms with Gasteiger partial charge < -0.3 is 9.47 Å². The van der Waals surface area contributed by atoms with Gasteiger partial charge in [0, 0.05) is 6.42 Å². The highest BCUT2D eigenvalue weighted by Crippen LogP contribution is 2.53. The van der Waals surface area contributed by atoms with Crippen molar-refractivity contribution in [2.45, 2.75) is 40.5 Å². The molecule has 0 heterocycles. The molecule has 0 aromatic heterocycles. The number of ether oxygens (including phenoxy) is 2.